The number of Topliss-reactive ketones (excluding diaryl/α,β-unsaturated/α-hetero) is 1. The van der Waals surface area contributed by atoms with Crippen molar-refractivity contribution >= 4 is 40.7 Å². The SMILES string of the molecule is CCCOc1ccc(C(O)=C2C(=O)C(=O)N(CCN3CCOCC3)[C@H]2c2ccc(Cl)c(Cl)c2)cc1. The lowest BCUT2D eigenvalue weighted by Gasteiger charge is -2.31. The molecule has 35 heavy (non-hydrogen) atoms. The van der Waals surface area contributed by atoms with Gasteiger partial charge in [0.15, 0.2) is 0 Å². The fourth-order valence-electron chi connectivity index (χ4n) is 4.30. The average Bonchev–Trinajstić information content (AvgIpc) is 3.13. The molecule has 0 aromatic heterocycles. The normalized spacial score (nSPS) is 20.4. The zero-order valence-electron chi connectivity index (χ0n) is 19.5. The maximum atomic E-state index is 13.2. The summed E-state index contributed by atoms with van der Waals surface area (Å²) in [5.41, 5.74) is 1.05. The summed E-state index contributed by atoms with van der Waals surface area (Å²) in [4.78, 5) is 30.0. The number of morpholine rings is 1. The Hall–Kier alpha value is -2.58. The molecule has 2 aromatic rings. The van der Waals surface area contributed by atoms with Crippen molar-refractivity contribution in [1.29, 1.82) is 0 Å². The van der Waals surface area contributed by atoms with Gasteiger partial charge >= 0.3 is 0 Å². The number of carbonyl (C=O) groups is 2. The molecule has 1 N–H and O–H groups in total. The number of aliphatic hydroxyl groups excluding tert-OH is 1. The number of carbonyl (C=O) groups excluding carboxylic acids is 2. The van der Waals surface area contributed by atoms with Gasteiger partial charge in [0.25, 0.3) is 11.7 Å². The van der Waals surface area contributed by atoms with E-state index in [1.807, 2.05) is 6.92 Å². The van der Waals surface area contributed by atoms with Crippen LogP contribution in [0.15, 0.2) is 48.0 Å². The van der Waals surface area contributed by atoms with E-state index in [1.54, 1.807) is 42.5 Å². The van der Waals surface area contributed by atoms with Crippen molar-refractivity contribution in [3.8, 4) is 5.75 Å². The van der Waals surface area contributed by atoms with Gasteiger partial charge in [-0.2, -0.15) is 0 Å². The molecular formula is C26H28Cl2N2O5. The Balaban J connectivity index is 1.70. The second-order valence-electron chi connectivity index (χ2n) is 8.49. The Bertz CT molecular complexity index is 1110. The number of ether oxygens (including phenoxy) is 2. The van der Waals surface area contributed by atoms with Crippen LogP contribution in [0.5, 0.6) is 5.75 Å². The highest BCUT2D eigenvalue weighted by Crippen LogP contribution is 2.41. The van der Waals surface area contributed by atoms with Crippen LogP contribution in [0.1, 0.15) is 30.5 Å². The van der Waals surface area contributed by atoms with E-state index in [9.17, 15) is 14.7 Å². The molecule has 2 aliphatic rings. The minimum absolute atomic E-state index is 0.0255. The second-order valence-corrected chi connectivity index (χ2v) is 9.31. The van der Waals surface area contributed by atoms with Crippen LogP contribution in [-0.2, 0) is 14.3 Å². The molecule has 1 atom stereocenters. The van der Waals surface area contributed by atoms with Gasteiger partial charge in [0, 0.05) is 31.7 Å². The van der Waals surface area contributed by atoms with Crippen LogP contribution in [0.3, 0.4) is 0 Å². The summed E-state index contributed by atoms with van der Waals surface area (Å²) in [6.45, 7) is 6.27. The molecule has 0 aliphatic carbocycles. The molecule has 4 rings (SSSR count). The van der Waals surface area contributed by atoms with Gasteiger partial charge in [-0.05, 0) is 48.4 Å². The Morgan fingerprint density at radius 2 is 1.77 bits per heavy atom. The molecule has 2 saturated heterocycles. The first-order valence-electron chi connectivity index (χ1n) is 11.7. The van der Waals surface area contributed by atoms with Gasteiger partial charge in [-0.1, -0.05) is 36.2 Å². The lowest BCUT2D eigenvalue weighted by molar-refractivity contribution is -0.140. The standard InChI is InChI=1S/C26H28Cl2N2O5/c1-2-13-35-19-6-3-17(4-7-19)24(31)22-23(18-5-8-20(27)21(28)16-18)30(26(33)25(22)32)10-9-29-11-14-34-15-12-29/h3-8,16,23,31H,2,9-15H2,1H3/t23-/m0/s1. The first-order chi connectivity index (χ1) is 16.9. The monoisotopic (exact) mass is 518 g/mol. The third kappa shape index (κ3) is 5.64. The first-order valence-corrected chi connectivity index (χ1v) is 12.4. The smallest absolute Gasteiger partial charge is 0.295 e. The average molecular weight is 519 g/mol. The van der Waals surface area contributed by atoms with Gasteiger partial charge in [-0.25, -0.2) is 0 Å². The zero-order valence-corrected chi connectivity index (χ0v) is 21.0. The van der Waals surface area contributed by atoms with Gasteiger partial charge in [-0.15, -0.1) is 0 Å². The Kier molecular flexibility index (Phi) is 8.34. The van der Waals surface area contributed by atoms with E-state index < -0.39 is 17.7 Å². The van der Waals surface area contributed by atoms with Gasteiger partial charge in [0.05, 0.1) is 41.5 Å². The highest BCUT2D eigenvalue weighted by molar-refractivity contribution is 6.46. The van der Waals surface area contributed by atoms with Crippen molar-refractivity contribution in [2.45, 2.75) is 19.4 Å². The number of hydrogen-bond acceptors (Lipinski definition) is 6. The van der Waals surface area contributed by atoms with E-state index in [-0.39, 0.29) is 11.3 Å². The van der Waals surface area contributed by atoms with E-state index in [1.165, 1.54) is 4.90 Å². The summed E-state index contributed by atoms with van der Waals surface area (Å²) in [5, 5.41) is 11.9. The number of rotatable bonds is 8. The van der Waals surface area contributed by atoms with Crippen LogP contribution in [0, 0.1) is 0 Å². The van der Waals surface area contributed by atoms with Crippen molar-refractivity contribution in [2.75, 3.05) is 46.0 Å². The van der Waals surface area contributed by atoms with E-state index in [0.717, 1.165) is 19.5 Å². The van der Waals surface area contributed by atoms with Crippen LogP contribution in [-0.4, -0.2) is 72.6 Å². The number of hydrogen-bond donors (Lipinski definition) is 1. The molecule has 0 saturated carbocycles. The third-order valence-corrected chi connectivity index (χ3v) is 6.90. The van der Waals surface area contributed by atoms with E-state index in [2.05, 4.69) is 4.90 Å². The maximum absolute atomic E-state index is 13.2. The number of likely N-dealkylation sites (tertiary alicyclic amines) is 1. The van der Waals surface area contributed by atoms with Gasteiger partial charge in [0.1, 0.15) is 11.5 Å². The molecule has 0 unspecified atom stereocenters. The fourth-order valence-corrected chi connectivity index (χ4v) is 4.60. The highest BCUT2D eigenvalue weighted by atomic mass is 35.5. The van der Waals surface area contributed by atoms with E-state index >= 15 is 0 Å². The number of halogens is 2. The molecule has 0 bridgehead atoms. The van der Waals surface area contributed by atoms with Crippen molar-refractivity contribution in [2.24, 2.45) is 0 Å². The lowest BCUT2D eigenvalue weighted by Crippen LogP contribution is -2.42. The number of benzene rings is 2. The predicted octanol–water partition coefficient (Wildman–Crippen LogP) is 4.54. The molecule has 9 heteroatoms. The van der Waals surface area contributed by atoms with Crippen molar-refractivity contribution < 1.29 is 24.2 Å². The topological polar surface area (TPSA) is 79.3 Å². The van der Waals surface area contributed by atoms with Gasteiger partial charge < -0.3 is 19.5 Å². The largest absolute Gasteiger partial charge is 0.507 e. The molecule has 1 amide bonds. The van der Waals surface area contributed by atoms with Crippen LogP contribution in [0.25, 0.3) is 5.76 Å². The minimum Gasteiger partial charge on any atom is -0.507 e. The number of ketones is 1. The van der Waals surface area contributed by atoms with Crippen molar-refractivity contribution in [3.05, 3.63) is 69.2 Å². The molecule has 2 fully saturated rings. The van der Waals surface area contributed by atoms with Crippen LogP contribution < -0.4 is 4.74 Å². The molecule has 0 spiro atoms. The summed E-state index contributed by atoms with van der Waals surface area (Å²) < 4.78 is 11.0. The fraction of sp³-hybridized carbons (Fsp3) is 0.385. The highest BCUT2D eigenvalue weighted by Gasteiger charge is 2.46. The predicted molar refractivity (Wildman–Crippen MR) is 135 cm³/mol. The molecular weight excluding hydrogens is 491 g/mol. The van der Waals surface area contributed by atoms with Crippen LogP contribution in [0.2, 0.25) is 10.0 Å². The van der Waals surface area contributed by atoms with Gasteiger partial charge in [-0.3, -0.25) is 14.5 Å². The molecule has 0 radical (unpaired) electrons. The maximum Gasteiger partial charge on any atom is 0.295 e. The Labute approximate surface area is 214 Å². The molecule has 2 heterocycles. The molecule has 186 valence electrons. The Morgan fingerprint density at radius 1 is 1.06 bits per heavy atom. The first kappa shape index (κ1) is 25.5. The summed E-state index contributed by atoms with van der Waals surface area (Å²) >= 11 is 12.4. The molecule has 7 nitrogen and oxygen atoms in total. The van der Waals surface area contributed by atoms with E-state index in [0.29, 0.717) is 59.8 Å². The third-order valence-electron chi connectivity index (χ3n) is 6.16. The summed E-state index contributed by atoms with van der Waals surface area (Å²) in [6, 6.07) is 11.0. The summed E-state index contributed by atoms with van der Waals surface area (Å²) in [5.74, 6) is -0.962. The lowest BCUT2D eigenvalue weighted by atomic mass is 9.95. The van der Waals surface area contributed by atoms with Crippen molar-refractivity contribution in [3.63, 3.8) is 0 Å². The number of amides is 1. The zero-order chi connectivity index (χ0) is 24.9. The Morgan fingerprint density at radius 3 is 2.43 bits per heavy atom. The van der Waals surface area contributed by atoms with Crippen LogP contribution >= 0.6 is 23.2 Å². The van der Waals surface area contributed by atoms with Crippen LogP contribution in [0.4, 0.5) is 0 Å². The van der Waals surface area contributed by atoms with Crippen molar-refractivity contribution in [1.82, 2.24) is 9.80 Å². The quantitative estimate of drug-likeness (QED) is 0.314. The number of nitrogens with zero attached hydrogens (tertiary/aromatic N) is 2. The molecule has 2 aromatic carbocycles. The van der Waals surface area contributed by atoms with Gasteiger partial charge in [0.2, 0.25) is 0 Å². The number of aliphatic hydroxyl groups is 1. The summed E-state index contributed by atoms with van der Waals surface area (Å²) in [7, 11) is 0. The summed E-state index contributed by atoms with van der Waals surface area (Å²) in [6.07, 6.45) is 0.874. The molecule has 2 aliphatic heterocycles. The van der Waals surface area contributed by atoms with E-state index in [4.69, 9.17) is 32.7 Å². The second kappa shape index (κ2) is 11.4. The minimum atomic E-state index is -0.790.